The number of imidazole rings is 1. The van der Waals surface area contributed by atoms with E-state index >= 15 is 0 Å². The van der Waals surface area contributed by atoms with E-state index in [0.29, 0.717) is 36.3 Å². The molecule has 15 nitrogen and oxygen atoms in total. The first-order valence-electron chi connectivity index (χ1n) is 12.2. The average molecular weight is 594 g/mol. The van der Waals surface area contributed by atoms with Gasteiger partial charge in [0.25, 0.3) is 0 Å². The van der Waals surface area contributed by atoms with Crippen LogP contribution in [0, 0.1) is 5.41 Å². The van der Waals surface area contributed by atoms with Crippen molar-refractivity contribution in [3.8, 4) is 5.75 Å². The molecule has 2 atom stereocenters. The molecule has 41 heavy (non-hydrogen) atoms. The molecule has 16 heteroatoms. The van der Waals surface area contributed by atoms with Gasteiger partial charge in [-0.15, -0.1) is 0 Å². The zero-order chi connectivity index (χ0) is 30.6. The zero-order valence-corrected chi connectivity index (χ0v) is 23.8. The van der Waals surface area contributed by atoms with Crippen LogP contribution in [0.4, 0.5) is 5.82 Å². The number of carboxylic acid groups (broad SMARTS) is 2. The predicted molar refractivity (Wildman–Crippen MR) is 145 cm³/mol. The van der Waals surface area contributed by atoms with Crippen molar-refractivity contribution in [1.82, 2.24) is 19.5 Å². The number of carboxylic acids is 2. The second-order valence-corrected chi connectivity index (χ2v) is 11.0. The SMILES string of the molecule is CCC(C)(C)C(=O)OOP(=O)(COC(C)Cn1cnc2c(N)ncnc21)Oc1ccccc1.O=C(O)/C=C/C(=O)O. The Bertz CT molecular complexity index is 1390. The van der Waals surface area contributed by atoms with E-state index in [-0.39, 0.29) is 11.6 Å². The number of rotatable bonds is 13. The van der Waals surface area contributed by atoms with Crippen LogP contribution in [0.25, 0.3) is 11.2 Å². The Balaban J connectivity index is 0.000000642. The number of carbonyl (C=O) groups is 3. The molecular weight excluding hydrogens is 561 g/mol. The third-order valence-electron chi connectivity index (χ3n) is 5.42. The fourth-order valence-electron chi connectivity index (χ4n) is 2.78. The number of aromatic nitrogens is 4. The summed E-state index contributed by atoms with van der Waals surface area (Å²) in [6.45, 7) is 7.35. The number of hydrogen-bond donors (Lipinski definition) is 3. The summed E-state index contributed by atoms with van der Waals surface area (Å²) in [6.07, 6.45) is 3.65. The second-order valence-electron chi connectivity index (χ2n) is 9.14. The van der Waals surface area contributed by atoms with Crippen LogP contribution >= 0.6 is 7.60 Å². The Kier molecular flexibility index (Phi) is 11.9. The molecule has 0 aliphatic heterocycles. The molecule has 0 aliphatic rings. The third-order valence-corrected chi connectivity index (χ3v) is 6.68. The number of aliphatic carboxylic acids is 2. The number of nitrogens with zero attached hydrogens (tertiary/aromatic N) is 4. The van der Waals surface area contributed by atoms with Crippen LogP contribution in [0.5, 0.6) is 5.75 Å². The molecule has 0 amide bonds. The Morgan fingerprint density at radius 1 is 1.10 bits per heavy atom. The number of para-hydroxylation sites is 1. The smallest absolute Gasteiger partial charge is 0.441 e. The summed E-state index contributed by atoms with van der Waals surface area (Å²) in [5, 5.41) is 15.6. The van der Waals surface area contributed by atoms with Crippen molar-refractivity contribution in [3.63, 3.8) is 0 Å². The van der Waals surface area contributed by atoms with Crippen LogP contribution in [-0.4, -0.2) is 60.1 Å². The minimum absolute atomic E-state index is 0.276. The van der Waals surface area contributed by atoms with E-state index in [1.165, 1.54) is 6.33 Å². The Morgan fingerprint density at radius 2 is 1.73 bits per heavy atom. The van der Waals surface area contributed by atoms with Crippen LogP contribution in [0.2, 0.25) is 0 Å². The fourth-order valence-corrected chi connectivity index (χ4v) is 3.96. The van der Waals surface area contributed by atoms with Crippen molar-refractivity contribution < 1.29 is 48.0 Å². The number of fused-ring (bicyclic) bond motifs is 1. The molecule has 0 fully saturated rings. The summed E-state index contributed by atoms with van der Waals surface area (Å²) in [7, 11) is -4.01. The molecule has 4 N–H and O–H groups in total. The van der Waals surface area contributed by atoms with E-state index < -0.39 is 43.4 Å². The van der Waals surface area contributed by atoms with E-state index in [9.17, 15) is 18.9 Å². The number of nitrogens with two attached hydrogens (primary N) is 1. The second kappa shape index (κ2) is 14.9. The molecular formula is C25H32N5O10P. The van der Waals surface area contributed by atoms with E-state index in [1.807, 2.05) is 6.92 Å². The Morgan fingerprint density at radius 3 is 2.32 bits per heavy atom. The van der Waals surface area contributed by atoms with E-state index in [4.69, 9.17) is 34.8 Å². The van der Waals surface area contributed by atoms with Gasteiger partial charge in [-0.05, 0) is 39.3 Å². The summed E-state index contributed by atoms with van der Waals surface area (Å²) in [5.41, 5.74) is 6.04. The van der Waals surface area contributed by atoms with Crippen molar-refractivity contribution in [3.05, 3.63) is 55.1 Å². The van der Waals surface area contributed by atoms with Gasteiger partial charge >= 0.3 is 25.5 Å². The Hall–Kier alpha value is -4.33. The molecule has 0 bridgehead atoms. The van der Waals surface area contributed by atoms with Gasteiger partial charge in [0.1, 0.15) is 17.6 Å². The lowest BCUT2D eigenvalue weighted by Gasteiger charge is -2.23. The molecule has 2 unspecified atom stereocenters. The highest BCUT2D eigenvalue weighted by Crippen LogP contribution is 2.49. The van der Waals surface area contributed by atoms with Crippen molar-refractivity contribution in [2.24, 2.45) is 5.41 Å². The van der Waals surface area contributed by atoms with E-state index in [1.54, 1.807) is 62.0 Å². The predicted octanol–water partition coefficient (Wildman–Crippen LogP) is 3.67. The van der Waals surface area contributed by atoms with Crippen LogP contribution in [-0.2, 0) is 39.8 Å². The first-order chi connectivity index (χ1) is 19.3. The summed E-state index contributed by atoms with van der Waals surface area (Å²) in [5.74, 6) is -2.61. The average Bonchev–Trinajstić information content (AvgIpc) is 3.34. The standard InChI is InChI=1S/C21H28N5O6P.C4H4O4/c1-5-21(3,4)20(27)30-32-33(28,31-16-9-7-6-8-10-16)14-29-15(2)11-26-13-25-17-18(22)23-12-24-19(17)26;5-3(6)1-2-4(7)8/h6-10,12-13,15H,5,11,14H2,1-4H3,(H2,22,23,24);1-2H,(H,5,6)(H,7,8)/b;2-1+. The number of carbonyl (C=O) groups excluding carboxylic acids is 1. The first kappa shape index (κ1) is 32.9. The van der Waals surface area contributed by atoms with Crippen LogP contribution in [0.15, 0.2) is 55.1 Å². The maximum atomic E-state index is 13.4. The van der Waals surface area contributed by atoms with Crippen LogP contribution in [0.1, 0.15) is 34.1 Å². The zero-order valence-electron chi connectivity index (χ0n) is 22.9. The van der Waals surface area contributed by atoms with Gasteiger partial charge in [-0.2, -0.15) is 0 Å². The van der Waals surface area contributed by atoms with Crippen molar-refractivity contribution in [2.75, 3.05) is 12.1 Å². The van der Waals surface area contributed by atoms with Gasteiger partial charge in [0.15, 0.2) is 17.8 Å². The van der Waals surface area contributed by atoms with E-state index in [0.717, 1.165) is 0 Å². The minimum atomic E-state index is -4.01. The highest BCUT2D eigenvalue weighted by atomic mass is 31.2. The number of anilines is 1. The quantitative estimate of drug-likeness (QED) is 0.112. The van der Waals surface area contributed by atoms with Gasteiger partial charge in [-0.1, -0.05) is 29.8 Å². The molecule has 0 saturated heterocycles. The highest BCUT2D eigenvalue weighted by molar-refractivity contribution is 7.53. The number of nitrogen functional groups attached to an aromatic ring is 1. The first-order valence-corrected chi connectivity index (χ1v) is 13.9. The van der Waals surface area contributed by atoms with Gasteiger partial charge in [-0.25, -0.2) is 33.9 Å². The lowest BCUT2D eigenvalue weighted by molar-refractivity contribution is -0.228. The summed E-state index contributed by atoms with van der Waals surface area (Å²) >= 11 is 0. The topological polar surface area (TPSA) is 215 Å². The lowest BCUT2D eigenvalue weighted by atomic mass is 9.91. The normalized spacial score (nSPS) is 13.6. The molecule has 0 spiro atoms. The molecule has 2 aromatic heterocycles. The maximum Gasteiger partial charge on any atom is 0.441 e. The Labute approximate surface area is 235 Å². The molecule has 0 aliphatic carbocycles. The van der Waals surface area contributed by atoms with Crippen molar-refractivity contribution >= 4 is 42.5 Å². The number of benzene rings is 1. The van der Waals surface area contributed by atoms with Crippen molar-refractivity contribution in [2.45, 2.75) is 46.8 Å². The van der Waals surface area contributed by atoms with E-state index in [2.05, 4.69) is 15.0 Å². The largest absolute Gasteiger partial charge is 0.478 e. The summed E-state index contributed by atoms with van der Waals surface area (Å²) in [6, 6.07) is 8.44. The number of ether oxygens (including phenoxy) is 1. The summed E-state index contributed by atoms with van der Waals surface area (Å²) in [4.78, 5) is 48.6. The molecule has 1 aromatic carbocycles. The third kappa shape index (κ3) is 10.6. The molecule has 3 aromatic rings. The number of hydrogen-bond acceptors (Lipinski definition) is 12. The molecule has 0 saturated carbocycles. The molecule has 0 radical (unpaired) electrons. The van der Waals surface area contributed by atoms with Gasteiger partial charge in [0, 0.05) is 12.2 Å². The fraction of sp³-hybridized carbons (Fsp3) is 0.360. The van der Waals surface area contributed by atoms with Gasteiger partial charge < -0.3 is 29.8 Å². The van der Waals surface area contributed by atoms with Gasteiger partial charge in [0.05, 0.1) is 24.4 Å². The highest BCUT2D eigenvalue weighted by Gasteiger charge is 2.35. The van der Waals surface area contributed by atoms with Crippen LogP contribution < -0.4 is 10.3 Å². The van der Waals surface area contributed by atoms with Crippen molar-refractivity contribution in [1.29, 1.82) is 0 Å². The molecule has 3 rings (SSSR count). The van der Waals surface area contributed by atoms with Crippen LogP contribution in [0.3, 0.4) is 0 Å². The summed E-state index contributed by atoms with van der Waals surface area (Å²) < 4.78 is 31.5. The minimum Gasteiger partial charge on any atom is -0.478 e. The molecule has 2 heterocycles. The van der Waals surface area contributed by atoms with Gasteiger partial charge in [-0.3, -0.25) is 4.89 Å². The monoisotopic (exact) mass is 593 g/mol. The van der Waals surface area contributed by atoms with Gasteiger partial charge in [0.2, 0.25) is 0 Å². The maximum absolute atomic E-state index is 13.4. The lowest BCUT2D eigenvalue weighted by Crippen LogP contribution is -2.26. The molecule has 222 valence electrons.